The molecule has 0 aliphatic carbocycles. The molecule has 13 heteroatoms. The van der Waals surface area contributed by atoms with Crippen LogP contribution in [0.1, 0.15) is 37.3 Å². The second-order valence-corrected chi connectivity index (χ2v) is 11.3. The molecule has 1 aliphatic rings. The van der Waals surface area contributed by atoms with Crippen LogP contribution in [0.25, 0.3) is 17.1 Å². The second-order valence-electron chi connectivity index (χ2n) is 10.3. The molecule has 1 N–H and O–H groups in total. The van der Waals surface area contributed by atoms with Gasteiger partial charge in [-0.3, -0.25) is 0 Å². The number of urea groups is 1. The highest BCUT2D eigenvalue weighted by Gasteiger charge is 2.31. The molecule has 3 aromatic carbocycles. The number of hydrogen-bond acceptors (Lipinski definition) is 6. The summed E-state index contributed by atoms with van der Waals surface area (Å²) in [5.74, 6) is 0.311. The Labute approximate surface area is 262 Å². The van der Waals surface area contributed by atoms with E-state index in [0.29, 0.717) is 27.8 Å². The number of ether oxygens (including phenoxy) is 1. The van der Waals surface area contributed by atoms with Gasteiger partial charge in [-0.1, -0.05) is 61.2 Å². The van der Waals surface area contributed by atoms with Gasteiger partial charge in [0, 0.05) is 29.6 Å². The number of amidine groups is 1. The fourth-order valence-corrected chi connectivity index (χ4v) is 6.12. The predicted molar refractivity (Wildman–Crippen MR) is 168 cm³/mol. The molecule has 232 valence electrons. The van der Waals surface area contributed by atoms with E-state index >= 15 is 0 Å². The van der Waals surface area contributed by atoms with Gasteiger partial charge in [0.15, 0.2) is 11.0 Å². The number of carbonyl (C=O) groups excluding carboxylic acids is 1. The molecule has 9 nitrogen and oxygen atoms in total. The van der Waals surface area contributed by atoms with Crippen molar-refractivity contribution in [3.05, 3.63) is 90.3 Å². The van der Waals surface area contributed by atoms with Crippen LogP contribution in [0.4, 0.5) is 23.7 Å². The van der Waals surface area contributed by atoms with E-state index in [-0.39, 0.29) is 18.3 Å². The highest BCUT2D eigenvalue weighted by atomic mass is 32.2. The smallest absolute Gasteiger partial charge is 0.406 e. The molecule has 0 saturated carbocycles. The predicted octanol–water partition coefficient (Wildman–Crippen LogP) is 7.10. The van der Waals surface area contributed by atoms with E-state index in [9.17, 15) is 23.2 Å². The van der Waals surface area contributed by atoms with E-state index in [0.717, 1.165) is 24.3 Å². The zero-order chi connectivity index (χ0) is 32.0. The maximum atomic E-state index is 12.9. The third-order valence-electron chi connectivity index (χ3n) is 7.25. The highest BCUT2D eigenvalue weighted by Crippen LogP contribution is 2.32. The summed E-state index contributed by atoms with van der Waals surface area (Å²) in [6.07, 6.45) is -1.48. The van der Waals surface area contributed by atoms with E-state index in [1.165, 1.54) is 40.8 Å². The molecule has 1 saturated heterocycles. The van der Waals surface area contributed by atoms with Gasteiger partial charge >= 0.3 is 12.4 Å². The first-order valence-corrected chi connectivity index (χ1v) is 15.3. The SMILES string of the molecule is CCc1ccccc1N1/C(=N/C(=O)NCC(C#N)c2ccc(-c3ncn(-c4ccc(OC(F)(F)F)cc4)n3)cc2)SCCC1C. The fourth-order valence-electron chi connectivity index (χ4n) is 4.92. The zero-order valence-corrected chi connectivity index (χ0v) is 25.3. The van der Waals surface area contributed by atoms with E-state index < -0.39 is 18.3 Å². The molecule has 2 unspecified atom stereocenters. The second kappa shape index (κ2) is 13.9. The summed E-state index contributed by atoms with van der Waals surface area (Å²) in [7, 11) is 0. The third-order valence-corrected chi connectivity index (χ3v) is 8.24. The number of aliphatic imine (C=N–C) groups is 1. The molecule has 2 amide bonds. The van der Waals surface area contributed by atoms with Gasteiger partial charge in [-0.15, -0.1) is 18.3 Å². The van der Waals surface area contributed by atoms with Crippen molar-refractivity contribution in [2.45, 2.75) is 45.0 Å². The minimum atomic E-state index is -4.77. The molecule has 0 spiro atoms. The van der Waals surface area contributed by atoms with Crippen LogP contribution in [-0.4, -0.2) is 50.7 Å². The molecular weight excluding hydrogens is 603 g/mol. The summed E-state index contributed by atoms with van der Waals surface area (Å²) in [6.45, 7) is 4.31. The number of hydrogen-bond donors (Lipinski definition) is 1. The summed E-state index contributed by atoms with van der Waals surface area (Å²) in [5, 5.41) is 17.7. The lowest BCUT2D eigenvalue weighted by Gasteiger charge is -2.36. The minimum Gasteiger partial charge on any atom is -0.406 e. The standard InChI is InChI=1S/C32H30F3N7O2S/c1-3-22-6-4-5-7-28(22)42-21(2)16-17-45-31(42)39-30(43)37-19-25(18-36)23-8-10-24(11-9-23)29-38-20-41(40-29)26-12-14-27(15-13-26)44-32(33,34)35/h4-15,20-21,25H,3,16-17,19H2,1-2H3,(H,37,43)/b39-31-. The summed E-state index contributed by atoms with van der Waals surface area (Å²) >= 11 is 1.55. The van der Waals surface area contributed by atoms with E-state index in [2.05, 4.69) is 62.1 Å². The molecule has 1 aliphatic heterocycles. The van der Waals surface area contributed by atoms with Crippen molar-refractivity contribution < 1.29 is 22.7 Å². The number of rotatable bonds is 8. The number of aromatic nitrogens is 3. The summed E-state index contributed by atoms with van der Waals surface area (Å²) < 4.78 is 42.6. The van der Waals surface area contributed by atoms with Gasteiger partial charge in [-0.2, -0.15) is 10.3 Å². The molecule has 0 radical (unpaired) electrons. The van der Waals surface area contributed by atoms with Gasteiger partial charge in [0.25, 0.3) is 0 Å². The van der Waals surface area contributed by atoms with Crippen LogP contribution < -0.4 is 15.0 Å². The Bertz CT molecular complexity index is 1700. The van der Waals surface area contributed by atoms with Crippen molar-refractivity contribution in [2.75, 3.05) is 17.2 Å². The van der Waals surface area contributed by atoms with Crippen LogP contribution in [0.5, 0.6) is 5.75 Å². The molecular formula is C32H30F3N7O2S. The maximum absolute atomic E-state index is 12.9. The Morgan fingerprint density at radius 3 is 2.58 bits per heavy atom. The van der Waals surface area contributed by atoms with Crippen molar-refractivity contribution >= 4 is 28.6 Å². The first-order chi connectivity index (χ1) is 21.6. The summed E-state index contributed by atoms with van der Waals surface area (Å²) in [4.78, 5) is 23.7. The van der Waals surface area contributed by atoms with E-state index in [4.69, 9.17) is 0 Å². The first kappa shape index (κ1) is 31.6. The Morgan fingerprint density at radius 2 is 1.89 bits per heavy atom. The molecule has 5 rings (SSSR count). The minimum absolute atomic E-state index is 0.0815. The Hall–Kier alpha value is -4.83. The van der Waals surface area contributed by atoms with Crippen molar-refractivity contribution in [3.63, 3.8) is 0 Å². The zero-order valence-electron chi connectivity index (χ0n) is 24.5. The van der Waals surface area contributed by atoms with Gasteiger partial charge in [-0.05, 0) is 61.2 Å². The number of para-hydroxylation sites is 1. The maximum Gasteiger partial charge on any atom is 0.573 e. The van der Waals surface area contributed by atoms with Crippen LogP contribution in [-0.2, 0) is 6.42 Å². The Morgan fingerprint density at radius 1 is 1.16 bits per heavy atom. The summed E-state index contributed by atoms with van der Waals surface area (Å²) in [5.41, 5.74) is 4.12. The van der Waals surface area contributed by atoms with Gasteiger partial charge < -0.3 is 15.0 Å². The topological polar surface area (TPSA) is 108 Å². The quantitative estimate of drug-likeness (QED) is 0.221. The van der Waals surface area contributed by atoms with Crippen LogP contribution in [0.2, 0.25) is 0 Å². The Balaban J connectivity index is 1.23. The lowest BCUT2D eigenvalue weighted by molar-refractivity contribution is -0.274. The number of anilines is 1. The van der Waals surface area contributed by atoms with E-state index in [1.807, 2.05) is 12.1 Å². The largest absolute Gasteiger partial charge is 0.573 e. The lowest BCUT2D eigenvalue weighted by Crippen LogP contribution is -2.42. The average Bonchev–Trinajstić information content (AvgIpc) is 3.52. The molecule has 45 heavy (non-hydrogen) atoms. The number of thioether (sulfide) groups is 1. The van der Waals surface area contributed by atoms with Gasteiger partial charge in [-0.25, -0.2) is 14.5 Å². The van der Waals surface area contributed by atoms with Crippen molar-refractivity contribution in [1.82, 2.24) is 20.1 Å². The highest BCUT2D eigenvalue weighted by molar-refractivity contribution is 8.14. The lowest BCUT2D eigenvalue weighted by atomic mass is 9.99. The van der Waals surface area contributed by atoms with Crippen molar-refractivity contribution in [2.24, 2.45) is 4.99 Å². The number of alkyl halides is 3. The van der Waals surface area contributed by atoms with Crippen LogP contribution >= 0.6 is 11.8 Å². The average molecular weight is 634 g/mol. The number of aryl methyl sites for hydroxylation is 1. The monoisotopic (exact) mass is 633 g/mol. The number of amides is 2. The molecule has 0 bridgehead atoms. The molecule has 1 aromatic heterocycles. The van der Waals surface area contributed by atoms with Gasteiger partial charge in [0.05, 0.1) is 17.7 Å². The fraction of sp³-hybridized carbons (Fsp3) is 0.281. The number of benzene rings is 3. The molecule has 1 fully saturated rings. The van der Waals surface area contributed by atoms with Crippen LogP contribution in [0, 0.1) is 11.3 Å². The Kier molecular flexibility index (Phi) is 9.73. The molecule has 2 atom stereocenters. The number of halogens is 3. The van der Waals surface area contributed by atoms with Crippen molar-refractivity contribution in [3.8, 4) is 28.9 Å². The van der Waals surface area contributed by atoms with Crippen LogP contribution in [0.3, 0.4) is 0 Å². The van der Waals surface area contributed by atoms with E-state index in [1.54, 1.807) is 36.0 Å². The normalized spacial score (nSPS) is 16.7. The third kappa shape index (κ3) is 7.82. The number of nitrogens with zero attached hydrogens (tertiary/aromatic N) is 6. The van der Waals surface area contributed by atoms with Crippen LogP contribution in [0.15, 0.2) is 84.1 Å². The molecule has 4 aromatic rings. The number of nitriles is 1. The number of nitrogens with one attached hydrogen (secondary N) is 1. The number of carbonyl (C=O) groups is 1. The van der Waals surface area contributed by atoms with Gasteiger partial charge in [0.2, 0.25) is 0 Å². The molecule has 2 heterocycles. The first-order valence-electron chi connectivity index (χ1n) is 14.3. The summed E-state index contributed by atoms with van der Waals surface area (Å²) in [6, 6.07) is 22.4. The van der Waals surface area contributed by atoms with Crippen molar-refractivity contribution in [1.29, 1.82) is 5.26 Å². The van der Waals surface area contributed by atoms with Gasteiger partial charge in [0.1, 0.15) is 12.1 Å².